The van der Waals surface area contributed by atoms with E-state index < -0.39 is 29.9 Å². The molecule has 8 heteroatoms. The Morgan fingerprint density at radius 3 is 2.52 bits per heavy atom. The molecule has 0 radical (unpaired) electrons. The van der Waals surface area contributed by atoms with Crippen LogP contribution in [0, 0.1) is 6.92 Å². The van der Waals surface area contributed by atoms with Crippen molar-refractivity contribution in [2.45, 2.75) is 32.7 Å². The van der Waals surface area contributed by atoms with Gasteiger partial charge in [-0.3, -0.25) is 19.3 Å². The van der Waals surface area contributed by atoms with Gasteiger partial charge < -0.3 is 15.4 Å². The fourth-order valence-corrected chi connectivity index (χ4v) is 3.71. The zero-order valence-electron chi connectivity index (χ0n) is 17.9. The van der Waals surface area contributed by atoms with Crippen LogP contribution in [0.3, 0.4) is 0 Å². The molecule has 1 unspecified atom stereocenters. The van der Waals surface area contributed by atoms with Crippen molar-refractivity contribution in [1.82, 2.24) is 10.2 Å². The van der Waals surface area contributed by atoms with Gasteiger partial charge in [-0.05, 0) is 55.7 Å². The summed E-state index contributed by atoms with van der Waals surface area (Å²) in [6.45, 7) is 4.65. The highest BCUT2D eigenvalue weighted by Crippen LogP contribution is 2.34. The third-order valence-corrected chi connectivity index (χ3v) is 5.45. The number of carbonyl (C=O) groups excluding carboxylic acids is 4. The van der Waals surface area contributed by atoms with Crippen molar-refractivity contribution in [1.29, 1.82) is 0 Å². The number of aryl methyl sites for hydroxylation is 1. The first kappa shape index (κ1) is 22.0. The molecular weight excluding hydrogens is 398 g/mol. The molecule has 4 amide bonds. The van der Waals surface area contributed by atoms with Gasteiger partial charge >= 0.3 is 6.03 Å². The molecule has 0 spiro atoms. The average molecular weight is 423 g/mol. The lowest BCUT2D eigenvalue weighted by Crippen LogP contribution is -2.44. The number of methoxy groups -OCH3 is 1. The Morgan fingerprint density at radius 2 is 1.90 bits per heavy atom. The van der Waals surface area contributed by atoms with E-state index in [0.717, 1.165) is 10.5 Å². The maximum absolute atomic E-state index is 13.3. The first-order valence-corrected chi connectivity index (χ1v) is 9.92. The van der Waals surface area contributed by atoms with Crippen molar-refractivity contribution in [2.24, 2.45) is 0 Å². The smallest absolute Gasteiger partial charge is 0.325 e. The molecule has 2 aromatic rings. The summed E-state index contributed by atoms with van der Waals surface area (Å²) in [7, 11) is 1.56. The molecule has 1 heterocycles. The highest BCUT2D eigenvalue weighted by Gasteiger charge is 2.51. The van der Waals surface area contributed by atoms with Crippen LogP contribution in [0.25, 0.3) is 0 Å². The summed E-state index contributed by atoms with van der Waals surface area (Å²) in [5, 5.41) is 5.40. The average Bonchev–Trinajstić information content (AvgIpc) is 2.98. The van der Waals surface area contributed by atoms with Crippen molar-refractivity contribution in [3.63, 3.8) is 0 Å². The van der Waals surface area contributed by atoms with Crippen molar-refractivity contribution in [3.8, 4) is 5.75 Å². The minimum Gasteiger partial charge on any atom is -0.496 e. The SMILES string of the molecule is CCC1(c2ccc(OC)c(C)c2)NC(=O)N(CC(=O)Nc2cccc(C(C)=O)c2)C1=O. The largest absolute Gasteiger partial charge is 0.496 e. The molecule has 1 atom stereocenters. The molecular formula is C23H25N3O5. The number of nitrogens with one attached hydrogen (secondary N) is 2. The first-order valence-electron chi connectivity index (χ1n) is 9.92. The van der Waals surface area contributed by atoms with Crippen LogP contribution in [0.5, 0.6) is 5.75 Å². The quantitative estimate of drug-likeness (QED) is 0.526. The Bertz CT molecular complexity index is 1060. The van der Waals surface area contributed by atoms with Crippen LogP contribution in [0.4, 0.5) is 10.5 Å². The number of hydrogen-bond donors (Lipinski definition) is 2. The minimum atomic E-state index is -1.25. The molecule has 31 heavy (non-hydrogen) atoms. The molecule has 1 aliphatic heterocycles. The summed E-state index contributed by atoms with van der Waals surface area (Å²) in [6.07, 6.45) is 0.322. The molecule has 0 aromatic heterocycles. The van der Waals surface area contributed by atoms with Crippen LogP contribution in [-0.4, -0.2) is 42.2 Å². The van der Waals surface area contributed by atoms with E-state index in [-0.39, 0.29) is 5.78 Å². The molecule has 8 nitrogen and oxygen atoms in total. The Morgan fingerprint density at radius 1 is 1.16 bits per heavy atom. The number of ketones is 1. The van der Waals surface area contributed by atoms with Gasteiger partial charge in [0.1, 0.15) is 17.8 Å². The van der Waals surface area contributed by atoms with E-state index in [0.29, 0.717) is 29.0 Å². The number of amides is 4. The second-order valence-electron chi connectivity index (χ2n) is 7.45. The summed E-state index contributed by atoms with van der Waals surface area (Å²) in [5.74, 6) is -0.484. The van der Waals surface area contributed by atoms with Gasteiger partial charge in [0, 0.05) is 11.3 Å². The summed E-state index contributed by atoms with van der Waals surface area (Å²) in [5.41, 5.74) is 1.08. The summed E-state index contributed by atoms with van der Waals surface area (Å²) in [4.78, 5) is 50.8. The number of ether oxygens (including phenoxy) is 1. The lowest BCUT2D eigenvalue weighted by atomic mass is 9.86. The number of carbonyl (C=O) groups is 4. The van der Waals surface area contributed by atoms with Crippen LogP contribution in [0.1, 0.15) is 41.8 Å². The number of anilines is 1. The second kappa shape index (κ2) is 8.59. The third-order valence-electron chi connectivity index (χ3n) is 5.45. The topological polar surface area (TPSA) is 105 Å². The van der Waals surface area contributed by atoms with Crippen LogP contribution in [-0.2, 0) is 15.1 Å². The van der Waals surface area contributed by atoms with E-state index >= 15 is 0 Å². The van der Waals surface area contributed by atoms with Crippen molar-refractivity contribution in [3.05, 3.63) is 59.2 Å². The van der Waals surface area contributed by atoms with Crippen LogP contribution < -0.4 is 15.4 Å². The van der Waals surface area contributed by atoms with E-state index in [1.54, 1.807) is 56.5 Å². The molecule has 0 aliphatic carbocycles. The molecule has 2 aromatic carbocycles. The van der Waals surface area contributed by atoms with Crippen LogP contribution in [0.15, 0.2) is 42.5 Å². The van der Waals surface area contributed by atoms with Crippen molar-refractivity contribution in [2.75, 3.05) is 19.0 Å². The molecule has 1 aliphatic rings. The lowest BCUT2D eigenvalue weighted by Gasteiger charge is -2.26. The first-order chi connectivity index (χ1) is 14.7. The van der Waals surface area contributed by atoms with Gasteiger partial charge in [-0.25, -0.2) is 4.79 Å². The number of rotatable bonds is 7. The summed E-state index contributed by atoms with van der Waals surface area (Å²) < 4.78 is 5.27. The Labute approximate surface area is 180 Å². The standard InChI is InChI=1S/C23H25N3O5/c1-5-23(17-9-10-19(31-4)14(2)11-17)21(29)26(22(30)25-23)13-20(28)24-18-8-6-7-16(12-18)15(3)27/h6-12H,5,13H2,1-4H3,(H,24,28)(H,25,30). The fraction of sp³-hybridized carbons (Fsp3) is 0.304. The molecule has 0 saturated carbocycles. The third kappa shape index (κ3) is 4.14. The lowest BCUT2D eigenvalue weighted by molar-refractivity contribution is -0.134. The number of Topliss-reactive ketones (excluding diaryl/α,β-unsaturated/α-hetero) is 1. The Balaban J connectivity index is 1.80. The zero-order chi connectivity index (χ0) is 22.8. The highest BCUT2D eigenvalue weighted by molar-refractivity contribution is 6.10. The monoisotopic (exact) mass is 423 g/mol. The molecule has 162 valence electrons. The highest BCUT2D eigenvalue weighted by atomic mass is 16.5. The minimum absolute atomic E-state index is 0.132. The number of hydrogen-bond acceptors (Lipinski definition) is 5. The van der Waals surface area contributed by atoms with Gasteiger partial charge in [0.2, 0.25) is 5.91 Å². The maximum Gasteiger partial charge on any atom is 0.325 e. The molecule has 1 saturated heterocycles. The number of nitrogens with zero attached hydrogens (tertiary/aromatic N) is 1. The fourth-order valence-electron chi connectivity index (χ4n) is 3.71. The predicted molar refractivity (Wildman–Crippen MR) is 115 cm³/mol. The number of benzene rings is 2. The molecule has 2 N–H and O–H groups in total. The van der Waals surface area contributed by atoms with Gasteiger partial charge in [0.05, 0.1) is 7.11 Å². The van der Waals surface area contributed by atoms with Crippen molar-refractivity contribution >= 4 is 29.3 Å². The van der Waals surface area contributed by atoms with Gasteiger partial charge in [-0.2, -0.15) is 0 Å². The molecule has 0 bridgehead atoms. The molecule has 1 fully saturated rings. The van der Waals surface area contributed by atoms with Gasteiger partial charge in [-0.1, -0.05) is 25.1 Å². The van der Waals surface area contributed by atoms with Crippen molar-refractivity contribution < 1.29 is 23.9 Å². The van der Waals surface area contributed by atoms with E-state index in [1.807, 2.05) is 6.92 Å². The van der Waals surface area contributed by atoms with Gasteiger partial charge in [0.15, 0.2) is 5.78 Å². The summed E-state index contributed by atoms with van der Waals surface area (Å²) in [6, 6.07) is 11.1. The van der Waals surface area contributed by atoms with E-state index in [1.165, 1.54) is 6.92 Å². The van der Waals surface area contributed by atoms with E-state index in [2.05, 4.69) is 10.6 Å². The molecule has 3 rings (SSSR count). The Hall–Kier alpha value is -3.68. The number of urea groups is 1. The van der Waals surface area contributed by atoms with E-state index in [9.17, 15) is 19.2 Å². The van der Waals surface area contributed by atoms with Crippen LogP contribution >= 0.6 is 0 Å². The predicted octanol–water partition coefficient (Wildman–Crippen LogP) is 3.00. The van der Waals surface area contributed by atoms with Gasteiger partial charge in [-0.15, -0.1) is 0 Å². The maximum atomic E-state index is 13.3. The summed E-state index contributed by atoms with van der Waals surface area (Å²) >= 11 is 0. The van der Waals surface area contributed by atoms with Gasteiger partial charge in [0.25, 0.3) is 5.91 Å². The zero-order valence-corrected chi connectivity index (χ0v) is 17.9. The number of imide groups is 1. The normalized spacial score (nSPS) is 18.0. The Kier molecular flexibility index (Phi) is 6.10. The van der Waals surface area contributed by atoms with Crippen LogP contribution in [0.2, 0.25) is 0 Å². The van der Waals surface area contributed by atoms with E-state index in [4.69, 9.17) is 4.74 Å². The second-order valence-corrected chi connectivity index (χ2v) is 7.45.